The first-order valence-electron chi connectivity index (χ1n) is 7.34. The Kier molecular flexibility index (Phi) is 4.57. The molecule has 1 N–H and O–H groups in total. The summed E-state index contributed by atoms with van der Waals surface area (Å²) >= 11 is 5.44. The Morgan fingerprint density at radius 3 is 2.86 bits per heavy atom. The van der Waals surface area contributed by atoms with Crippen LogP contribution in [0.1, 0.15) is 6.42 Å². The van der Waals surface area contributed by atoms with Crippen molar-refractivity contribution in [1.29, 1.82) is 0 Å². The van der Waals surface area contributed by atoms with Gasteiger partial charge in [-0.25, -0.2) is 0 Å². The quantitative estimate of drug-likeness (QED) is 0.862. The van der Waals surface area contributed by atoms with Gasteiger partial charge in [0, 0.05) is 32.2 Å². The first kappa shape index (κ1) is 14.6. The highest BCUT2D eigenvalue weighted by Crippen LogP contribution is 2.20. The van der Waals surface area contributed by atoms with Crippen molar-refractivity contribution < 1.29 is 9.47 Å². The Morgan fingerprint density at radius 1 is 1.29 bits per heavy atom. The molecular formula is C15H21N3O2S. The molecular weight excluding hydrogens is 286 g/mol. The highest BCUT2D eigenvalue weighted by molar-refractivity contribution is 7.71. The average Bonchev–Trinajstić information content (AvgIpc) is 2.83. The maximum atomic E-state index is 5.44. The van der Waals surface area contributed by atoms with Crippen molar-refractivity contribution in [2.75, 3.05) is 40.0 Å². The van der Waals surface area contributed by atoms with E-state index >= 15 is 0 Å². The molecule has 2 heterocycles. The van der Waals surface area contributed by atoms with Crippen molar-refractivity contribution in [2.24, 2.45) is 0 Å². The maximum absolute atomic E-state index is 5.44. The van der Waals surface area contributed by atoms with Gasteiger partial charge in [-0.3, -0.25) is 4.90 Å². The molecule has 0 aliphatic carbocycles. The molecule has 2 aromatic rings. The molecule has 114 valence electrons. The van der Waals surface area contributed by atoms with Crippen LogP contribution < -0.4 is 4.74 Å². The lowest BCUT2D eigenvalue weighted by Crippen LogP contribution is -2.37. The largest absolute Gasteiger partial charge is 0.497 e. The summed E-state index contributed by atoms with van der Waals surface area (Å²) in [5, 5.41) is 0. The molecule has 1 saturated heterocycles. The number of methoxy groups -OCH3 is 1. The van der Waals surface area contributed by atoms with E-state index in [1.165, 1.54) is 0 Å². The van der Waals surface area contributed by atoms with E-state index in [1.807, 2.05) is 12.1 Å². The van der Waals surface area contributed by atoms with Gasteiger partial charge < -0.3 is 19.0 Å². The summed E-state index contributed by atoms with van der Waals surface area (Å²) in [4.78, 5) is 5.70. The van der Waals surface area contributed by atoms with Gasteiger partial charge in [-0.1, -0.05) is 0 Å². The molecule has 1 aliphatic rings. The van der Waals surface area contributed by atoms with Gasteiger partial charge in [0.1, 0.15) is 5.75 Å². The third-order valence-corrected chi connectivity index (χ3v) is 4.26. The van der Waals surface area contributed by atoms with E-state index < -0.39 is 0 Å². The average molecular weight is 307 g/mol. The van der Waals surface area contributed by atoms with Crippen molar-refractivity contribution in [3.63, 3.8) is 0 Å². The lowest BCUT2D eigenvalue weighted by atomic mass is 10.3. The van der Waals surface area contributed by atoms with Crippen molar-refractivity contribution in [3.05, 3.63) is 23.0 Å². The number of ether oxygens (including phenoxy) is 2. The topological polar surface area (TPSA) is 42.4 Å². The maximum Gasteiger partial charge on any atom is 0.178 e. The molecule has 0 spiro atoms. The zero-order valence-corrected chi connectivity index (χ0v) is 13.1. The molecule has 0 radical (unpaired) electrons. The molecule has 0 bridgehead atoms. The number of nitrogens with zero attached hydrogens (tertiary/aromatic N) is 2. The number of imidazole rings is 1. The summed E-state index contributed by atoms with van der Waals surface area (Å²) in [6.45, 7) is 5.81. The number of hydrogen-bond acceptors (Lipinski definition) is 4. The van der Waals surface area contributed by atoms with Crippen molar-refractivity contribution in [2.45, 2.75) is 13.0 Å². The van der Waals surface area contributed by atoms with Gasteiger partial charge in [0.2, 0.25) is 0 Å². The SMILES string of the molecule is COc1ccc2c(c1)[nH]c(=S)n2CCCN1CCOCC1. The van der Waals surface area contributed by atoms with Crippen molar-refractivity contribution >= 4 is 23.3 Å². The molecule has 0 saturated carbocycles. The predicted octanol–water partition coefficient (Wildman–Crippen LogP) is 2.43. The fraction of sp³-hybridized carbons (Fsp3) is 0.533. The summed E-state index contributed by atoms with van der Waals surface area (Å²) in [6.07, 6.45) is 1.09. The number of rotatable bonds is 5. The first-order valence-corrected chi connectivity index (χ1v) is 7.75. The minimum absolute atomic E-state index is 0.778. The molecule has 5 nitrogen and oxygen atoms in total. The van der Waals surface area contributed by atoms with Gasteiger partial charge in [0.15, 0.2) is 4.77 Å². The minimum atomic E-state index is 0.778. The number of nitrogens with one attached hydrogen (secondary N) is 1. The standard InChI is InChI=1S/C15H21N3O2S/c1-19-12-3-4-14-13(11-12)16-15(21)18(14)6-2-5-17-7-9-20-10-8-17/h3-4,11H,2,5-10H2,1H3,(H,16,21). The van der Waals surface area contributed by atoms with Gasteiger partial charge in [-0.2, -0.15) is 0 Å². The van der Waals surface area contributed by atoms with E-state index in [2.05, 4.69) is 20.5 Å². The summed E-state index contributed by atoms with van der Waals surface area (Å²) < 4.78 is 13.6. The number of benzene rings is 1. The van der Waals surface area contributed by atoms with Crippen LogP contribution >= 0.6 is 12.2 Å². The van der Waals surface area contributed by atoms with Crippen LogP contribution in [0.3, 0.4) is 0 Å². The molecule has 1 aromatic heterocycles. The lowest BCUT2D eigenvalue weighted by molar-refractivity contribution is 0.0369. The number of hydrogen-bond donors (Lipinski definition) is 1. The van der Waals surface area contributed by atoms with Crippen LogP contribution in [0.4, 0.5) is 0 Å². The first-order chi connectivity index (χ1) is 10.3. The van der Waals surface area contributed by atoms with E-state index in [0.717, 1.165) is 67.4 Å². The molecule has 0 amide bonds. The van der Waals surface area contributed by atoms with E-state index in [1.54, 1.807) is 7.11 Å². The Morgan fingerprint density at radius 2 is 2.10 bits per heavy atom. The van der Waals surface area contributed by atoms with Gasteiger partial charge in [0.25, 0.3) is 0 Å². The summed E-state index contributed by atoms with van der Waals surface area (Å²) in [7, 11) is 1.68. The number of fused-ring (bicyclic) bond motifs is 1. The molecule has 3 rings (SSSR count). The highest BCUT2D eigenvalue weighted by atomic mass is 32.1. The van der Waals surface area contributed by atoms with Gasteiger partial charge >= 0.3 is 0 Å². The molecule has 1 aromatic carbocycles. The summed E-state index contributed by atoms with van der Waals surface area (Å²) in [6, 6.07) is 6.03. The van der Waals surface area contributed by atoms with Crippen LogP contribution in [-0.2, 0) is 11.3 Å². The van der Waals surface area contributed by atoms with Crippen LogP contribution in [0.2, 0.25) is 0 Å². The van der Waals surface area contributed by atoms with Crippen molar-refractivity contribution in [3.8, 4) is 5.75 Å². The molecule has 0 unspecified atom stereocenters. The van der Waals surface area contributed by atoms with Crippen LogP contribution in [0.15, 0.2) is 18.2 Å². The van der Waals surface area contributed by atoms with E-state index in [9.17, 15) is 0 Å². The van der Waals surface area contributed by atoms with E-state index in [0.29, 0.717) is 0 Å². The number of H-pyrrole nitrogens is 1. The van der Waals surface area contributed by atoms with Gasteiger partial charge in [-0.05, 0) is 30.8 Å². The van der Waals surface area contributed by atoms with E-state index in [-0.39, 0.29) is 0 Å². The summed E-state index contributed by atoms with van der Waals surface area (Å²) in [5.41, 5.74) is 2.17. The minimum Gasteiger partial charge on any atom is -0.497 e. The Balaban J connectivity index is 1.68. The fourth-order valence-corrected chi connectivity index (χ4v) is 3.07. The zero-order chi connectivity index (χ0) is 14.7. The second kappa shape index (κ2) is 6.60. The fourth-order valence-electron chi connectivity index (χ4n) is 2.77. The Hall–Kier alpha value is -1.37. The van der Waals surface area contributed by atoms with Crippen LogP contribution in [-0.4, -0.2) is 54.4 Å². The number of morpholine rings is 1. The Labute approximate surface area is 129 Å². The number of aromatic nitrogens is 2. The molecule has 6 heteroatoms. The third kappa shape index (κ3) is 3.28. The normalized spacial score (nSPS) is 16.4. The van der Waals surface area contributed by atoms with E-state index in [4.69, 9.17) is 21.7 Å². The van der Waals surface area contributed by atoms with Crippen LogP contribution in [0, 0.1) is 4.77 Å². The molecule has 21 heavy (non-hydrogen) atoms. The van der Waals surface area contributed by atoms with Crippen LogP contribution in [0.5, 0.6) is 5.75 Å². The third-order valence-electron chi connectivity index (χ3n) is 3.94. The molecule has 0 atom stereocenters. The molecule has 1 fully saturated rings. The zero-order valence-electron chi connectivity index (χ0n) is 12.3. The number of aryl methyl sites for hydroxylation is 1. The summed E-state index contributed by atoms with van der Waals surface area (Å²) in [5.74, 6) is 0.846. The Bertz CT molecular complexity index is 658. The highest BCUT2D eigenvalue weighted by Gasteiger charge is 2.10. The second-order valence-electron chi connectivity index (χ2n) is 5.27. The predicted molar refractivity (Wildman–Crippen MR) is 85.6 cm³/mol. The smallest absolute Gasteiger partial charge is 0.178 e. The number of aromatic amines is 1. The van der Waals surface area contributed by atoms with Crippen LogP contribution in [0.25, 0.3) is 11.0 Å². The monoisotopic (exact) mass is 307 g/mol. The van der Waals surface area contributed by atoms with Gasteiger partial charge in [-0.15, -0.1) is 0 Å². The second-order valence-corrected chi connectivity index (χ2v) is 5.66. The van der Waals surface area contributed by atoms with Gasteiger partial charge in [0.05, 0.1) is 31.4 Å². The van der Waals surface area contributed by atoms with Crippen molar-refractivity contribution in [1.82, 2.24) is 14.5 Å². The lowest BCUT2D eigenvalue weighted by Gasteiger charge is -2.26. The molecule has 1 aliphatic heterocycles.